The molecule has 1 aliphatic carbocycles. The number of alkyl halides is 3. The minimum absolute atomic E-state index is 0.0176. The summed E-state index contributed by atoms with van der Waals surface area (Å²) in [5, 5.41) is 7.51. The van der Waals surface area contributed by atoms with Crippen molar-refractivity contribution >= 4 is 16.8 Å². The van der Waals surface area contributed by atoms with E-state index in [-0.39, 0.29) is 12.5 Å². The second-order valence-electron chi connectivity index (χ2n) is 7.80. The van der Waals surface area contributed by atoms with Crippen LogP contribution in [0.5, 0.6) is 0 Å². The molecule has 2 aromatic heterocycles. The number of nitrogens with zero attached hydrogens (tertiary/aromatic N) is 3. The summed E-state index contributed by atoms with van der Waals surface area (Å²) in [6, 6.07) is 8.85. The van der Waals surface area contributed by atoms with Gasteiger partial charge in [-0.1, -0.05) is 18.2 Å². The number of halogens is 3. The van der Waals surface area contributed by atoms with E-state index in [1.807, 2.05) is 42.1 Å². The lowest BCUT2D eigenvalue weighted by molar-refractivity contribution is -0.141. The highest BCUT2D eigenvalue weighted by molar-refractivity contribution is 5.92. The van der Waals surface area contributed by atoms with Crippen molar-refractivity contribution in [3.8, 4) is 0 Å². The zero-order valence-electron chi connectivity index (χ0n) is 16.3. The summed E-state index contributed by atoms with van der Waals surface area (Å²) in [5.74, 6) is -0.280. The van der Waals surface area contributed by atoms with Crippen molar-refractivity contribution in [2.45, 2.75) is 44.9 Å². The van der Waals surface area contributed by atoms with E-state index in [9.17, 15) is 18.0 Å². The number of aromatic nitrogens is 3. The van der Waals surface area contributed by atoms with Crippen LogP contribution in [0.4, 0.5) is 13.2 Å². The SMILES string of the molecule is CC(C(=O)NCc1cc(C(F)(F)F)nn1CC1CC1)c1cn(C)c2ccccc12. The molecule has 5 nitrogen and oxygen atoms in total. The summed E-state index contributed by atoms with van der Waals surface area (Å²) in [6.45, 7) is 2.28. The van der Waals surface area contributed by atoms with E-state index < -0.39 is 17.8 Å². The smallest absolute Gasteiger partial charge is 0.350 e. The van der Waals surface area contributed by atoms with Gasteiger partial charge in [-0.2, -0.15) is 18.3 Å². The number of benzene rings is 1. The van der Waals surface area contributed by atoms with E-state index in [4.69, 9.17) is 0 Å². The molecule has 0 aliphatic heterocycles. The minimum Gasteiger partial charge on any atom is -0.350 e. The fourth-order valence-electron chi connectivity index (χ4n) is 3.63. The Hall–Kier alpha value is -2.77. The Labute approximate surface area is 166 Å². The number of rotatable bonds is 6. The highest BCUT2D eigenvalue weighted by atomic mass is 19.4. The number of aryl methyl sites for hydroxylation is 1. The normalized spacial score (nSPS) is 15.6. The lowest BCUT2D eigenvalue weighted by Gasteiger charge is -2.13. The van der Waals surface area contributed by atoms with Crippen LogP contribution < -0.4 is 5.32 Å². The van der Waals surface area contributed by atoms with Gasteiger partial charge in [0.25, 0.3) is 0 Å². The summed E-state index contributed by atoms with van der Waals surface area (Å²) >= 11 is 0. The van der Waals surface area contributed by atoms with E-state index in [2.05, 4.69) is 10.4 Å². The van der Waals surface area contributed by atoms with Crippen molar-refractivity contribution in [2.75, 3.05) is 0 Å². The molecule has 0 bridgehead atoms. The van der Waals surface area contributed by atoms with Gasteiger partial charge < -0.3 is 9.88 Å². The van der Waals surface area contributed by atoms with E-state index in [1.54, 1.807) is 6.92 Å². The van der Waals surface area contributed by atoms with Crippen LogP contribution in [0, 0.1) is 5.92 Å². The van der Waals surface area contributed by atoms with Gasteiger partial charge in [0.2, 0.25) is 5.91 Å². The van der Waals surface area contributed by atoms with Gasteiger partial charge in [-0.15, -0.1) is 0 Å². The Morgan fingerprint density at radius 3 is 2.72 bits per heavy atom. The molecule has 154 valence electrons. The van der Waals surface area contributed by atoms with Crippen molar-refractivity contribution in [1.29, 1.82) is 0 Å². The first-order valence-corrected chi connectivity index (χ1v) is 9.69. The number of fused-ring (bicyclic) bond motifs is 1. The largest absolute Gasteiger partial charge is 0.435 e. The molecule has 1 amide bonds. The van der Waals surface area contributed by atoms with Gasteiger partial charge in [0, 0.05) is 30.7 Å². The Morgan fingerprint density at radius 2 is 2.03 bits per heavy atom. The topological polar surface area (TPSA) is 51.9 Å². The number of amides is 1. The number of nitrogens with one attached hydrogen (secondary N) is 1. The van der Waals surface area contributed by atoms with Crippen molar-refractivity contribution in [3.05, 3.63) is 53.5 Å². The third-order valence-corrected chi connectivity index (χ3v) is 5.51. The molecular formula is C21H23F3N4O. The molecule has 1 atom stereocenters. The molecule has 2 heterocycles. The van der Waals surface area contributed by atoms with Crippen LogP contribution in [0.3, 0.4) is 0 Å². The van der Waals surface area contributed by atoms with Crippen LogP contribution in [0.1, 0.15) is 42.6 Å². The molecule has 0 spiro atoms. The molecule has 3 aromatic rings. The number of hydrogen-bond donors (Lipinski definition) is 1. The molecule has 0 saturated heterocycles. The van der Waals surface area contributed by atoms with Crippen LogP contribution in [0.25, 0.3) is 10.9 Å². The first-order chi connectivity index (χ1) is 13.7. The van der Waals surface area contributed by atoms with Gasteiger partial charge in [0.05, 0.1) is 18.2 Å². The zero-order chi connectivity index (χ0) is 20.8. The molecule has 0 radical (unpaired) electrons. The second-order valence-corrected chi connectivity index (χ2v) is 7.80. The molecule has 1 N–H and O–H groups in total. The van der Waals surface area contributed by atoms with Crippen LogP contribution in [-0.4, -0.2) is 20.3 Å². The molecule has 8 heteroatoms. The molecule has 4 rings (SSSR count). The first kappa shape index (κ1) is 19.5. The van der Waals surface area contributed by atoms with E-state index in [0.717, 1.165) is 35.4 Å². The van der Waals surface area contributed by atoms with Crippen LogP contribution >= 0.6 is 0 Å². The summed E-state index contributed by atoms with van der Waals surface area (Å²) in [5.41, 5.74) is 1.38. The van der Waals surface area contributed by atoms with Crippen molar-refractivity contribution < 1.29 is 18.0 Å². The van der Waals surface area contributed by atoms with Crippen molar-refractivity contribution in [2.24, 2.45) is 13.0 Å². The maximum absolute atomic E-state index is 13.1. The Morgan fingerprint density at radius 1 is 1.31 bits per heavy atom. The monoisotopic (exact) mass is 404 g/mol. The first-order valence-electron chi connectivity index (χ1n) is 9.69. The summed E-state index contributed by atoms with van der Waals surface area (Å²) in [7, 11) is 1.92. The fourth-order valence-corrected chi connectivity index (χ4v) is 3.63. The lowest BCUT2D eigenvalue weighted by Crippen LogP contribution is -2.28. The summed E-state index contributed by atoms with van der Waals surface area (Å²) in [4.78, 5) is 12.7. The molecule has 1 aromatic carbocycles. The number of para-hydroxylation sites is 1. The summed E-state index contributed by atoms with van der Waals surface area (Å²) < 4.78 is 42.6. The predicted octanol–water partition coefficient (Wildman–Crippen LogP) is 4.22. The number of hydrogen-bond acceptors (Lipinski definition) is 2. The van der Waals surface area contributed by atoms with Gasteiger partial charge in [0.15, 0.2) is 5.69 Å². The van der Waals surface area contributed by atoms with Crippen LogP contribution in [0.2, 0.25) is 0 Å². The van der Waals surface area contributed by atoms with Gasteiger partial charge in [-0.3, -0.25) is 9.48 Å². The molecule has 1 unspecified atom stereocenters. The van der Waals surface area contributed by atoms with Crippen LogP contribution in [-0.2, 0) is 31.1 Å². The molecular weight excluding hydrogens is 381 g/mol. The maximum Gasteiger partial charge on any atom is 0.435 e. The van der Waals surface area contributed by atoms with Gasteiger partial charge in [-0.25, -0.2) is 0 Å². The van der Waals surface area contributed by atoms with E-state index in [0.29, 0.717) is 18.2 Å². The Bertz CT molecular complexity index is 1050. The molecule has 29 heavy (non-hydrogen) atoms. The third kappa shape index (κ3) is 4.02. The number of carbonyl (C=O) groups is 1. The van der Waals surface area contributed by atoms with Crippen LogP contribution in [0.15, 0.2) is 36.5 Å². The van der Waals surface area contributed by atoms with Crippen molar-refractivity contribution in [3.63, 3.8) is 0 Å². The maximum atomic E-state index is 13.1. The lowest BCUT2D eigenvalue weighted by atomic mass is 10.00. The fraction of sp³-hybridized carbons (Fsp3) is 0.429. The Balaban J connectivity index is 1.51. The zero-order valence-corrected chi connectivity index (χ0v) is 16.3. The number of carbonyl (C=O) groups excluding carboxylic acids is 1. The predicted molar refractivity (Wildman–Crippen MR) is 103 cm³/mol. The molecule has 1 fully saturated rings. The second kappa shape index (κ2) is 7.24. The van der Waals surface area contributed by atoms with Gasteiger partial charge in [0.1, 0.15) is 0 Å². The Kier molecular flexibility index (Phi) is 4.88. The minimum atomic E-state index is -4.50. The molecule has 1 aliphatic rings. The molecule has 1 saturated carbocycles. The van der Waals surface area contributed by atoms with Gasteiger partial charge in [-0.05, 0) is 43.4 Å². The highest BCUT2D eigenvalue weighted by Crippen LogP contribution is 2.33. The van der Waals surface area contributed by atoms with Gasteiger partial charge >= 0.3 is 6.18 Å². The standard InChI is InChI=1S/C21H23F3N4O/c1-13(17-12-27(2)18-6-4-3-5-16(17)18)20(29)25-10-15-9-19(21(22,23)24)26-28(15)11-14-7-8-14/h3-6,9,12-14H,7-8,10-11H2,1-2H3,(H,25,29). The highest BCUT2D eigenvalue weighted by Gasteiger charge is 2.35. The van der Waals surface area contributed by atoms with Crippen molar-refractivity contribution in [1.82, 2.24) is 19.7 Å². The summed E-state index contributed by atoms with van der Waals surface area (Å²) in [6.07, 6.45) is -0.561. The van der Waals surface area contributed by atoms with E-state index >= 15 is 0 Å². The third-order valence-electron chi connectivity index (χ3n) is 5.51. The average Bonchev–Trinajstić information content (AvgIpc) is 3.30. The average molecular weight is 404 g/mol. The quantitative estimate of drug-likeness (QED) is 0.669. The van der Waals surface area contributed by atoms with E-state index in [1.165, 1.54) is 4.68 Å².